The molecular weight excluding hydrogens is 483 g/mol. The Labute approximate surface area is 206 Å². The van der Waals surface area contributed by atoms with Gasteiger partial charge in [0.15, 0.2) is 0 Å². The third-order valence-corrected chi connectivity index (χ3v) is 8.11. The first-order valence-corrected chi connectivity index (χ1v) is 13.7. The molecule has 0 fully saturated rings. The lowest BCUT2D eigenvalue weighted by atomic mass is 9.83. The van der Waals surface area contributed by atoms with Crippen LogP contribution in [0.4, 0.5) is 5.69 Å². The minimum absolute atomic E-state index is 0.125. The van der Waals surface area contributed by atoms with Gasteiger partial charge in [0.1, 0.15) is 11.4 Å². The topological polar surface area (TPSA) is 75.7 Å². The molecule has 0 radical (unpaired) electrons. The SMILES string of the molecule is CCC1(CC)C[C@@H](NC(=O)CCCN(c2ccc(Cl)c(Cl)c2)S(C)(=O)=O)c2ccccc2O1. The molecule has 3 rings (SSSR count). The van der Waals surface area contributed by atoms with Gasteiger partial charge in [0.25, 0.3) is 0 Å². The zero-order chi connectivity index (χ0) is 24.2. The van der Waals surface area contributed by atoms with Gasteiger partial charge in [-0.15, -0.1) is 0 Å². The summed E-state index contributed by atoms with van der Waals surface area (Å²) in [6.45, 7) is 4.35. The zero-order valence-electron chi connectivity index (χ0n) is 19.1. The molecule has 2 aromatic rings. The smallest absolute Gasteiger partial charge is 0.232 e. The van der Waals surface area contributed by atoms with E-state index >= 15 is 0 Å². The highest BCUT2D eigenvalue weighted by atomic mass is 35.5. The fourth-order valence-corrected chi connectivity index (χ4v) is 5.46. The molecule has 33 heavy (non-hydrogen) atoms. The van der Waals surface area contributed by atoms with Gasteiger partial charge in [-0.3, -0.25) is 9.10 Å². The number of carbonyl (C=O) groups excluding carboxylic acids is 1. The number of nitrogens with zero attached hydrogens (tertiary/aromatic N) is 1. The molecule has 0 bridgehead atoms. The van der Waals surface area contributed by atoms with Crippen molar-refractivity contribution < 1.29 is 17.9 Å². The van der Waals surface area contributed by atoms with E-state index in [4.69, 9.17) is 27.9 Å². The highest BCUT2D eigenvalue weighted by Gasteiger charge is 2.38. The Morgan fingerprint density at radius 3 is 2.48 bits per heavy atom. The maximum atomic E-state index is 12.8. The summed E-state index contributed by atoms with van der Waals surface area (Å²) >= 11 is 12.0. The maximum Gasteiger partial charge on any atom is 0.232 e. The number of halogens is 2. The summed E-state index contributed by atoms with van der Waals surface area (Å²) in [6.07, 6.45) is 4.06. The Kier molecular flexibility index (Phi) is 8.19. The van der Waals surface area contributed by atoms with Crippen molar-refractivity contribution in [3.63, 3.8) is 0 Å². The predicted octanol–water partition coefficient (Wildman–Crippen LogP) is 5.74. The Balaban J connectivity index is 1.67. The standard InChI is InChI=1S/C24H30Cl2N2O4S/c1-4-24(5-2)16-21(18-9-6-7-10-22(18)32-24)27-23(29)11-8-14-28(33(3,30)31)17-12-13-19(25)20(26)15-17/h6-7,9-10,12-13,15,21H,4-5,8,11,14,16H2,1-3H3,(H,27,29)/t21-/m1/s1. The molecule has 180 valence electrons. The number of amides is 1. The number of carbonyl (C=O) groups is 1. The number of fused-ring (bicyclic) bond motifs is 1. The average Bonchev–Trinajstić information content (AvgIpc) is 2.77. The van der Waals surface area contributed by atoms with Gasteiger partial charge in [-0.2, -0.15) is 0 Å². The fourth-order valence-electron chi connectivity index (χ4n) is 4.21. The summed E-state index contributed by atoms with van der Waals surface area (Å²) in [7, 11) is -3.55. The second-order valence-electron chi connectivity index (χ2n) is 8.39. The van der Waals surface area contributed by atoms with Crippen LogP contribution in [0, 0.1) is 0 Å². The number of para-hydroxylation sites is 1. The Bertz CT molecular complexity index is 1100. The molecule has 0 saturated heterocycles. The quantitative estimate of drug-likeness (QED) is 0.464. The Hall–Kier alpha value is -1.96. The van der Waals surface area contributed by atoms with Gasteiger partial charge in [-0.1, -0.05) is 55.2 Å². The Morgan fingerprint density at radius 1 is 1.15 bits per heavy atom. The molecule has 2 aromatic carbocycles. The molecule has 1 amide bonds. The lowest BCUT2D eigenvalue weighted by Crippen LogP contribution is -2.44. The van der Waals surface area contributed by atoms with E-state index in [1.54, 1.807) is 12.1 Å². The van der Waals surface area contributed by atoms with Crippen LogP contribution in [0.1, 0.15) is 57.6 Å². The molecule has 0 spiro atoms. The van der Waals surface area contributed by atoms with Gasteiger partial charge in [0.05, 0.1) is 28.0 Å². The van der Waals surface area contributed by atoms with Gasteiger partial charge in [0, 0.05) is 24.9 Å². The molecule has 0 saturated carbocycles. The average molecular weight is 513 g/mol. The zero-order valence-corrected chi connectivity index (χ0v) is 21.4. The van der Waals surface area contributed by atoms with Crippen molar-refractivity contribution in [2.24, 2.45) is 0 Å². The summed E-state index contributed by atoms with van der Waals surface area (Å²) in [4.78, 5) is 12.8. The van der Waals surface area contributed by atoms with Crippen LogP contribution in [0.2, 0.25) is 10.0 Å². The molecule has 9 heteroatoms. The molecule has 1 atom stereocenters. The number of rotatable bonds is 9. The van der Waals surface area contributed by atoms with Crippen LogP contribution in [0.15, 0.2) is 42.5 Å². The van der Waals surface area contributed by atoms with Crippen molar-refractivity contribution in [1.29, 1.82) is 0 Å². The van der Waals surface area contributed by atoms with Crippen LogP contribution in [-0.2, 0) is 14.8 Å². The number of hydrogen-bond donors (Lipinski definition) is 1. The van der Waals surface area contributed by atoms with E-state index in [1.165, 1.54) is 10.4 Å². The molecule has 1 aliphatic rings. The third-order valence-electron chi connectivity index (χ3n) is 6.18. The highest BCUT2D eigenvalue weighted by molar-refractivity contribution is 7.92. The number of anilines is 1. The summed E-state index contributed by atoms with van der Waals surface area (Å²) in [6, 6.07) is 12.3. The molecule has 1 aliphatic heterocycles. The second-order valence-corrected chi connectivity index (χ2v) is 11.1. The first kappa shape index (κ1) is 25.7. The van der Waals surface area contributed by atoms with Gasteiger partial charge in [-0.25, -0.2) is 8.42 Å². The molecule has 0 aliphatic carbocycles. The van der Waals surface area contributed by atoms with Gasteiger partial charge in [-0.05, 0) is 43.5 Å². The maximum absolute atomic E-state index is 12.8. The van der Waals surface area contributed by atoms with Crippen LogP contribution in [0.3, 0.4) is 0 Å². The number of ether oxygens (including phenoxy) is 1. The van der Waals surface area contributed by atoms with Crippen molar-refractivity contribution in [1.82, 2.24) is 5.32 Å². The van der Waals surface area contributed by atoms with Crippen LogP contribution in [-0.4, -0.2) is 32.7 Å². The van der Waals surface area contributed by atoms with E-state index in [-0.39, 0.29) is 35.5 Å². The van der Waals surface area contributed by atoms with Crippen LogP contribution < -0.4 is 14.4 Å². The second kappa shape index (κ2) is 10.5. The number of hydrogen-bond acceptors (Lipinski definition) is 4. The molecule has 0 aromatic heterocycles. The van der Waals surface area contributed by atoms with E-state index < -0.39 is 10.0 Å². The molecule has 1 N–H and O–H groups in total. The normalized spacial score (nSPS) is 17.1. The lowest BCUT2D eigenvalue weighted by molar-refractivity contribution is -0.122. The van der Waals surface area contributed by atoms with Gasteiger partial charge in [0.2, 0.25) is 15.9 Å². The summed E-state index contributed by atoms with van der Waals surface area (Å²) in [5.74, 6) is 0.681. The largest absolute Gasteiger partial charge is 0.487 e. The minimum Gasteiger partial charge on any atom is -0.487 e. The predicted molar refractivity (Wildman–Crippen MR) is 134 cm³/mol. The molecule has 1 heterocycles. The van der Waals surface area contributed by atoms with Crippen molar-refractivity contribution in [3.05, 3.63) is 58.1 Å². The van der Waals surface area contributed by atoms with Gasteiger partial charge >= 0.3 is 0 Å². The van der Waals surface area contributed by atoms with Crippen LogP contribution in [0.5, 0.6) is 5.75 Å². The summed E-state index contributed by atoms with van der Waals surface area (Å²) in [5, 5.41) is 3.76. The van der Waals surface area contributed by atoms with Crippen molar-refractivity contribution in [3.8, 4) is 5.75 Å². The molecule has 6 nitrogen and oxygen atoms in total. The van der Waals surface area contributed by atoms with Crippen molar-refractivity contribution >= 4 is 44.8 Å². The van der Waals surface area contributed by atoms with E-state index in [0.717, 1.165) is 30.4 Å². The van der Waals surface area contributed by atoms with Crippen molar-refractivity contribution in [2.75, 3.05) is 17.1 Å². The van der Waals surface area contributed by atoms with E-state index in [1.807, 2.05) is 24.3 Å². The summed E-state index contributed by atoms with van der Waals surface area (Å²) in [5.41, 5.74) is 1.08. The van der Waals surface area contributed by atoms with Gasteiger partial charge < -0.3 is 10.1 Å². The highest BCUT2D eigenvalue weighted by Crippen LogP contribution is 2.42. The lowest BCUT2D eigenvalue weighted by Gasteiger charge is -2.41. The van der Waals surface area contributed by atoms with Crippen LogP contribution >= 0.6 is 23.2 Å². The minimum atomic E-state index is -3.55. The van der Waals surface area contributed by atoms with E-state index in [9.17, 15) is 13.2 Å². The first-order valence-electron chi connectivity index (χ1n) is 11.1. The number of nitrogens with one attached hydrogen (secondary N) is 1. The first-order chi connectivity index (χ1) is 15.6. The fraction of sp³-hybridized carbons (Fsp3) is 0.458. The van der Waals surface area contributed by atoms with Crippen LogP contribution in [0.25, 0.3) is 0 Å². The van der Waals surface area contributed by atoms with Crippen molar-refractivity contribution in [2.45, 2.75) is 57.6 Å². The number of benzene rings is 2. The third kappa shape index (κ3) is 6.14. The van der Waals surface area contributed by atoms with E-state index in [0.29, 0.717) is 23.6 Å². The number of sulfonamides is 1. The molecule has 0 unspecified atom stereocenters. The molecular formula is C24H30Cl2N2O4S. The van der Waals surface area contributed by atoms with E-state index in [2.05, 4.69) is 19.2 Å². The monoisotopic (exact) mass is 512 g/mol. The Morgan fingerprint density at radius 2 is 1.85 bits per heavy atom. The summed E-state index contributed by atoms with van der Waals surface area (Å²) < 4.78 is 32.2.